The van der Waals surface area contributed by atoms with Gasteiger partial charge in [0.2, 0.25) is 11.8 Å². The Kier molecular flexibility index (Phi) is 5.38. The summed E-state index contributed by atoms with van der Waals surface area (Å²) in [7, 11) is 1.12. The summed E-state index contributed by atoms with van der Waals surface area (Å²) < 4.78 is 42.8. The number of nitrogens with one attached hydrogen (secondary N) is 1. The fourth-order valence-electron chi connectivity index (χ4n) is 1.35. The fourth-order valence-corrected chi connectivity index (χ4v) is 1.35. The largest absolute Gasteiger partial charge is 0.481 e. The predicted molar refractivity (Wildman–Crippen MR) is 66.0 cm³/mol. The molecule has 0 aliphatic rings. The molecule has 0 aliphatic carbocycles. The van der Waals surface area contributed by atoms with Gasteiger partial charge in [0.15, 0.2) is 0 Å². The molecule has 0 fully saturated rings. The van der Waals surface area contributed by atoms with E-state index in [2.05, 4.69) is 26.9 Å². The molecule has 0 saturated carbocycles. The van der Waals surface area contributed by atoms with Gasteiger partial charge in [-0.2, -0.15) is 13.2 Å². The Morgan fingerprint density at radius 2 is 2.20 bits per heavy atom. The summed E-state index contributed by atoms with van der Waals surface area (Å²) in [6, 6.07) is 0.886. The van der Waals surface area contributed by atoms with Gasteiger partial charge >= 0.3 is 6.18 Å². The van der Waals surface area contributed by atoms with Gasteiger partial charge in [-0.3, -0.25) is 4.79 Å². The Labute approximate surface area is 114 Å². The lowest BCUT2D eigenvalue weighted by atomic mass is 10.2. The van der Waals surface area contributed by atoms with E-state index in [0.29, 0.717) is 13.0 Å². The summed E-state index contributed by atoms with van der Waals surface area (Å²) in [4.78, 5) is 14.2. The molecule has 1 rings (SSSR count). The monoisotopic (exact) mass is 286 g/mol. The lowest BCUT2D eigenvalue weighted by Gasteiger charge is -2.10. The lowest BCUT2D eigenvalue weighted by Crippen LogP contribution is -2.20. The number of ether oxygens (including phenoxy) is 1. The molecule has 1 N–H and O–H groups in total. The van der Waals surface area contributed by atoms with Crippen molar-refractivity contribution in [2.45, 2.75) is 19.5 Å². The number of halogens is 3. The second kappa shape index (κ2) is 6.80. The van der Waals surface area contributed by atoms with Crippen LogP contribution in [0.15, 0.2) is 12.3 Å². The van der Waals surface area contributed by atoms with E-state index in [4.69, 9.17) is 0 Å². The van der Waals surface area contributed by atoms with Gasteiger partial charge in [-0.05, 0) is 6.07 Å². The maximum Gasteiger partial charge on any atom is 0.421 e. The summed E-state index contributed by atoms with van der Waals surface area (Å²) in [5, 5.41) is 2.53. The minimum atomic E-state index is -4.55. The molecule has 108 valence electrons. The molecule has 4 nitrogen and oxygen atoms in total. The predicted octanol–water partition coefficient (Wildman–Crippen LogP) is 1.99. The summed E-state index contributed by atoms with van der Waals surface area (Å²) >= 11 is 0. The average Bonchev–Trinajstić information content (AvgIpc) is 2.36. The van der Waals surface area contributed by atoms with Crippen molar-refractivity contribution in [1.82, 2.24) is 10.3 Å². The highest BCUT2D eigenvalue weighted by atomic mass is 19.4. The Bertz CT molecular complexity index is 545. The van der Waals surface area contributed by atoms with Gasteiger partial charge in [-0.15, -0.1) is 0 Å². The molecule has 0 spiro atoms. The van der Waals surface area contributed by atoms with Gasteiger partial charge in [0.05, 0.1) is 7.11 Å². The van der Waals surface area contributed by atoms with Crippen LogP contribution in [0, 0.1) is 11.8 Å². The molecule has 1 aromatic rings. The van der Waals surface area contributed by atoms with Gasteiger partial charge in [-0.1, -0.05) is 11.8 Å². The van der Waals surface area contributed by atoms with E-state index in [1.54, 1.807) is 0 Å². The molecule has 7 heteroatoms. The van der Waals surface area contributed by atoms with Gasteiger partial charge in [0.1, 0.15) is 5.56 Å². The zero-order chi connectivity index (χ0) is 15.2. The molecule has 1 aromatic heterocycles. The van der Waals surface area contributed by atoms with Crippen LogP contribution in [0.4, 0.5) is 13.2 Å². The van der Waals surface area contributed by atoms with Gasteiger partial charge < -0.3 is 10.1 Å². The summed E-state index contributed by atoms with van der Waals surface area (Å²) in [5.74, 6) is 4.56. The Hall–Kier alpha value is -2.23. The molecule has 0 saturated heterocycles. The molecule has 1 amide bonds. The highest BCUT2D eigenvalue weighted by molar-refractivity contribution is 5.72. The van der Waals surface area contributed by atoms with Crippen LogP contribution in [0.2, 0.25) is 0 Å². The van der Waals surface area contributed by atoms with E-state index in [-0.39, 0.29) is 11.5 Å². The van der Waals surface area contributed by atoms with Crippen LogP contribution in [0.25, 0.3) is 0 Å². The van der Waals surface area contributed by atoms with Crippen LogP contribution in [-0.2, 0) is 11.0 Å². The van der Waals surface area contributed by atoms with Gasteiger partial charge in [-0.25, -0.2) is 4.98 Å². The minimum Gasteiger partial charge on any atom is -0.481 e. The van der Waals surface area contributed by atoms with Crippen molar-refractivity contribution in [2.75, 3.05) is 13.7 Å². The number of amides is 1. The highest BCUT2D eigenvalue weighted by Gasteiger charge is 2.35. The summed E-state index contributed by atoms with van der Waals surface area (Å²) in [5.41, 5.74) is -0.824. The first-order chi connectivity index (χ1) is 9.34. The third-order valence-corrected chi connectivity index (χ3v) is 2.21. The van der Waals surface area contributed by atoms with Crippen molar-refractivity contribution in [3.05, 3.63) is 23.4 Å². The third kappa shape index (κ3) is 4.80. The van der Waals surface area contributed by atoms with Crippen molar-refractivity contribution in [3.8, 4) is 17.7 Å². The zero-order valence-electron chi connectivity index (χ0n) is 11.0. The molecule has 0 aromatic carbocycles. The van der Waals surface area contributed by atoms with Crippen molar-refractivity contribution in [3.63, 3.8) is 0 Å². The summed E-state index contributed by atoms with van der Waals surface area (Å²) in [6.45, 7) is 1.72. The quantitative estimate of drug-likeness (QED) is 0.683. The SMILES string of the molecule is COc1ncc(C#CCCNC(C)=O)cc1C(F)(F)F. The Morgan fingerprint density at radius 1 is 1.50 bits per heavy atom. The second-order valence-corrected chi connectivity index (χ2v) is 3.81. The number of hydrogen-bond donors (Lipinski definition) is 1. The van der Waals surface area contributed by atoms with Crippen LogP contribution in [0.1, 0.15) is 24.5 Å². The van der Waals surface area contributed by atoms with Crippen LogP contribution in [0.3, 0.4) is 0 Å². The van der Waals surface area contributed by atoms with Crippen LogP contribution in [-0.4, -0.2) is 24.5 Å². The molecular weight excluding hydrogens is 273 g/mol. The van der Waals surface area contributed by atoms with E-state index >= 15 is 0 Å². The highest BCUT2D eigenvalue weighted by Crippen LogP contribution is 2.35. The molecular formula is C13H13F3N2O2. The molecule has 1 heterocycles. The number of carbonyl (C=O) groups excluding carboxylic acids is 1. The maximum absolute atomic E-state index is 12.7. The zero-order valence-corrected chi connectivity index (χ0v) is 11.0. The fraction of sp³-hybridized carbons (Fsp3) is 0.385. The normalized spacial score (nSPS) is 10.4. The van der Waals surface area contributed by atoms with E-state index < -0.39 is 17.6 Å². The number of nitrogens with zero attached hydrogens (tertiary/aromatic N) is 1. The van der Waals surface area contributed by atoms with E-state index in [9.17, 15) is 18.0 Å². The number of pyridine rings is 1. The van der Waals surface area contributed by atoms with E-state index in [1.165, 1.54) is 13.1 Å². The number of rotatable bonds is 3. The molecule has 0 radical (unpaired) electrons. The maximum atomic E-state index is 12.7. The Balaban J connectivity index is 2.83. The Morgan fingerprint density at radius 3 is 2.75 bits per heavy atom. The number of aromatic nitrogens is 1. The summed E-state index contributed by atoms with van der Waals surface area (Å²) in [6.07, 6.45) is -3.00. The number of alkyl halides is 3. The standard InChI is InChI=1S/C13H13F3N2O2/c1-9(19)17-6-4-3-5-10-7-11(13(14,15)16)12(20-2)18-8-10/h7-8H,4,6H2,1-2H3,(H,17,19). The first kappa shape index (κ1) is 15.8. The third-order valence-electron chi connectivity index (χ3n) is 2.21. The second-order valence-electron chi connectivity index (χ2n) is 3.81. The number of carbonyl (C=O) groups is 1. The van der Waals surface area contributed by atoms with Crippen LogP contribution >= 0.6 is 0 Å². The molecule has 20 heavy (non-hydrogen) atoms. The van der Waals surface area contributed by atoms with Gasteiger partial charge in [0, 0.05) is 31.6 Å². The number of hydrogen-bond acceptors (Lipinski definition) is 3. The average molecular weight is 286 g/mol. The molecule has 0 bridgehead atoms. The topological polar surface area (TPSA) is 51.2 Å². The van der Waals surface area contributed by atoms with Crippen LogP contribution in [0.5, 0.6) is 5.88 Å². The number of methoxy groups -OCH3 is 1. The van der Waals surface area contributed by atoms with E-state index in [1.807, 2.05) is 0 Å². The van der Waals surface area contributed by atoms with E-state index in [0.717, 1.165) is 13.2 Å². The lowest BCUT2D eigenvalue weighted by molar-refractivity contribution is -0.139. The smallest absolute Gasteiger partial charge is 0.421 e. The molecule has 0 atom stereocenters. The van der Waals surface area contributed by atoms with Crippen molar-refractivity contribution in [2.24, 2.45) is 0 Å². The first-order valence-electron chi connectivity index (χ1n) is 5.69. The van der Waals surface area contributed by atoms with Crippen molar-refractivity contribution in [1.29, 1.82) is 0 Å². The van der Waals surface area contributed by atoms with Crippen molar-refractivity contribution >= 4 is 5.91 Å². The first-order valence-corrected chi connectivity index (χ1v) is 5.69. The minimum absolute atomic E-state index is 0.140. The van der Waals surface area contributed by atoms with Crippen molar-refractivity contribution < 1.29 is 22.7 Å². The van der Waals surface area contributed by atoms with Gasteiger partial charge in [0.25, 0.3) is 0 Å². The molecule has 0 aliphatic heterocycles. The van der Waals surface area contributed by atoms with Crippen LogP contribution < -0.4 is 10.1 Å². The molecule has 0 unspecified atom stereocenters.